The Morgan fingerprint density at radius 3 is 2.75 bits per heavy atom. The first-order valence-corrected chi connectivity index (χ1v) is 4.31. The largest absolute Gasteiger partial charge is 0.397 e. The molecule has 1 heterocycles. The van der Waals surface area contributed by atoms with Crippen LogP contribution in [0, 0.1) is 12.8 Å². The van der Waals surface area contributed by atoms with Gasteiger partial charge in [0.2, 0.25) is 0 Å². The van der Waals surface area contributed by atoms with Gasteiger partial charge in [-0.05, 0) is 30.9 Å². The average molecular weight is 164 g/mol. The Morgan fingerprint density at radius 1 is 1.50 bits per heavy atom. The molecule has 2 N–H and O–H groups in total. The van der Waals surface area contributed by atoms with Crippen molar-refractivity contribution in [3.05, 3.63) is 23.5 Å². The van der Waals surface area contributed by atoms with E-state index in [4.69, 9.17) is 5.73 Å². The number of pyridine rings is 1. The van der Waals surface area contributed by atoms with Crippen LogP contribution in [-0.2, 0) is 6.42 Å². The molecule has 0 atom stereocenters. The summed E-state index contributed by atoms with van der Waals surface area (Å²) in [5.41, 5.74) is 8.88. The predicted octanol–water partition coefficient (Wildman–Crippen LogP) is 2.17. The Hall–Kier alpha value is -1.05. The minimum atomic E-state index is 0.613. The lowest BCUT2D eigenvalue weighted by Crippen LogP contribution is -2.03. The molecule has 0 aliphatic rings. The van der Waals surface area contributed by atoms with Crippen LogP contribution in [0.15, 0.2) is 12.3 Å². The average Bonchev–Trinajstić information content (AvgIpc) is 1.98. The van der Waals surface area contributed by atoms with Gasteiger partial charge >= 0.3 is 0 Å². The van der Waals surface area contributed by atoms with Crippen molar-refractivity contribution in [2.24, 2.45) is 5.92 Å². The zero-order valence-electron chi connectivity index (χ0n) is 7.96. The molecule has 2 nitrogen and oxygen atoms in total. The summed E-state index contributed by atoms with van der Waals surface area (Å²) in [6.45, 7) is 6.35. The molecule has 12 heavy (non-hydrogen) atoms. The second-order valence-corrected chi connectivity index (χ2v) is 3.59. The van der Waals surface area contributed by atoms with Gasteiger partial charge in [-0.25, -0.2) is 0 Å². The van der Waals surface area contributed by atoms with Gasteiger partial charge in [-0.3, -0.25) is 4.98 Å². The number of aryl methyl sites for hydroxylation is 1. The summed E-state index contributed by atoms with van der Waals surface area (Å²) in [4.78, 5) is 4.25. The molecule has 0 saturated heterocycles. The molecule has 2 heteroatoms. The first-order chi connectivity index (χ1) is 5.61. The van der Waals surface area contributed by atoms with Crippen LogP contribution in [0.25, 0.3) is 0 Å². The lowest BCUT2D eigenvalue weighted by atomic mass is 10.0. The predicted molar refractivity (Wildman–Crippen MR) is 51.9 cm³/mol. The van der Waals surface area contributed by atoms with Gasteiger partial charge in [-0.15, -0.1) is 0 Å². The third kappa shape index (κ3) is 1.97. The fourth-order valence-electron chi connectivity index (χ4n) is 1.18. The van der Waals surface area contributed by atoms with Crippen molar-refractivity contribution >= 4 is 5.69 Å². The zero-order valence-corrected chi connectivity index (χ0v) is 7.96. The quantitative estimate of drug-likeness (QED) is 0.727. The van der Waals surface area contributed by atoms with E-state index >= 15 is 0 Å². The number of nitrogen functional groups attached to an aromatic ring is 1. The summed E-state index contributed by atoms with van der Waals surface area (Å²) >= 11 is 0. The molecule has 66 valence electrons. The summed E-state index contributed by atoms with van der Waals surface area (Å²) in [5.74, 6) is 0.613. The Morgan fingerprint density at radius 2 is 2.17 bits per heavy atom. The van der Waals surface area contributed by atoms with Gasteiger partial charge in [0.25, 0.3) is 0 Å². The van der Waals surface area contributed by atoms with E-state index in [1.54, 1.807) is 0 Å². The Kier molecular flexibility index (Phi) is 2.69. The molecule has 0 aliphatic carbocycles. The van der Waals surface area contributed by atoms with E-state index in [0.717, 1.165) is 23.4 Å². The third-order valence-corrected chi connectivity index (χ3v) is 1.89. The van der Waals surface area contributed by atoms with E-state index < -0.39 is 0 Å². The number of nitrogens with two attached hydrogens (primary N) is 1. The van der Waals surface area contributed by atoms with Crippen molar-refractivity contribution in [3.63, 3.8) is 0 Å². The molecular formula is C10H16N2. The molecule has 0 aliphatic heterocycles. The normalized spacial score (nSPS) is 10.7. The number of hydrogen-bond acceptors (Lipinski definition) is 2. The van der Waals surface area contributed by atoms with Crippen molar-refractivity contribution in [1.29, 1.82) is 0 Å². The molecule has 0 aromatic carbocycles. The monoisotopic (exact) mass is 164 g/mol. The maximum Gasteiger partial charge on any atom is 0.0637 e. The van der Waals surface area contributed by atoms with Crippen molar-refractivity contribution in [2.75, 3.05) is 5.73 Å². The summed E-state index contributed by atoms with van der Waals surface area (Å²) in [6.07, 6.45) is 2.79. The number of hydrogen-bond donors (Lipinski definition) is 1. The van der Waals surface area contributed by atoms with Gasteiger partial charge in [0.1, 0.15) is 0 Å². The smallest absolute Gasteiger partial charge is 0.0637 e. The van der Waals surface area contributed by atoms with E-state index in [1.165, 1.54) is 0 Å². The minimum Gasteiger partial charge on any atom is -0.397 e. The topological polar surface area (TPSA) is 38.9 Å². The maximum atomic E-state index is 5.87. The second-order valence-electron chi connectivity index (χ2n) is 3.59. The zero-order chi connectivity index (χ0) is 9.14. The third-order valence-electron chi connectivity index (χ3n) is 1.89. The first-order valence-electron chi connectivity index (χ1n) is 4.31. The number of aromatic nitrogens is 1. The second kappa shape index (κ2) is 3.57. The lowest BCUT2D eigenvalue weighted by Gasteiger charge is -2.08. The minimum absolute atomic E-state index is 0.613. The molecule has 0 radical (unpaired) electrons. The fourth-order valence-corrected chi connectivity index (χ4v) is 1.18. The molecule has 1 aromatic rings. The van der Waals surface area contributed by atoms with E-state index in [-0.39, 0.29) is 0 Å². The number of nitrogens with zero attached hydrogens (tertiary/aromatic N) is 1. The molecule has 0 bridgehead atoms. The lowest BCUT2D eigenvalue weighted by molar-refractivity contribution is 0.636. The van der Waals surface area contributed by atoms with Gasteiger partial charge < -0.3 is 5.73 Å². The molecule has 0 saturated carbocycles. The molecule has 0 spiro atoms. The van der Waals surface area contributed by atoms with Crippen LogP contribution in [0.1, 0.15) is 25.1 Å². The highest BCUT2D eigenvalue weighted by Crippen LogP contribution is 2.16. The van der Waals surface area contributed by atoms with Crippen LogP contribution in [0.5, 0.6) is 0 Å². The standard InChI is InChI=1S/C10H16N2/c1-7(2)6-9-10(11)8(3)4-5-12-9/h4-5,7H,6,11H2,1-3H3. The van der Waals surface area contributed by atoms with E-state index in [9.17, 15) is 0 Å². The van der Waals surface area contributed by atoms with Gasteiger partial charge in [0, 0.05) is 6.20 Å². The Bertz CT molecular complexity index is 267. The van der Waals surface area contributed by atoms with Gasteiger partial charge in [-0.2, -0.15) is 0 Å². The van der Waals surface area contributed by atoms with Crippen LogP contribution < -0.4 is 5.73 Å². The Labute approximate surface area is 73.8 Å². The molecular weight excluding hydrogens is 148 g/mol. The van der Waals surface area contributed by atoms with Crippen molar-refractivity contribution in [3.8, 4) is 0 Å². The molecule has 0 unspecified atom stereocenters. The highest BCUT2D eigenvalue weighted by atomic mass is 14.7. The summed E-state index contributed by atoms with van der Waals surface area (Å²) < 4.78 is 0. The fraction of sp³-hybridized carbons (Fsp3) is 0.500. The van der Waals surface area contributed by atoms with E-state index in [1.807, 2.05) is 19.2 Å². The van der Waals surface area contributed by atoms with Crippen molar-refractivity contribution < 1.29 is 0 Å². The summed E-state index contributed by atoms with van der Waals surface area (Å²) in [6, 6.07) is 1.94. The van der Waals surface area contributed by atoms with Gasteiger partial charge in [0.05, 0.1) is 11.4 Å². The highest BCUT2D eigenvalue weighted by molar-refractivity contribution is 5.49. The van der Waals surface area contributed by atoms with Crippen LogP contribution in [0.2, 0.25) is 0 Å². The van der Waals surface area contributed by atoms with Crippen LogP contribution in [0.4, 0.5) is 5.69 Å². The van der Waals surface area contributed by atoms with Gasteiger partial charge in [0.15, 0.2) is 0 Å². The molecule has 1 aromatic heterocycles. The van der Waals surface area contributed by atoms with Crippen molar-refractivity contribution in [1.82, 2.24) is 4.98 Å². The first kappa shape index (κ1) is 9.04. The SMILES string of the molecule is Cc1ccnc(CC(C)C)c1N. The van der Waals surface area contributed by atoms with Crippen LogP contribution in [0.3, 0.4) is 0 Å². The summed E-state index contributed by atoms with van der Waals surface area (Å²) in [5, 5.41) is 0. The van der Waals surface area contributed by atoms with E-state index in [0.29, 0.717) is 5.92 Å². The number of rotatable bonds is 2. The molecule has 0 amide bonds. The highest BCUT2D eigenvalue weighted by Gasteiger charge is 2.04. The Balaban J connectivity index is 2.92. The molecule has 0 fully saturated rings. The van der Waals surface area contributed by atoms with Crippen molar-refractivity contribution in [2.45, 2.75) is 27.2 Å². The van der Waals surface area contributed by atoms with E-state index in [2.05, 4.69) is 18.8 Å². The number of anilines is 1. The summed E-state index contributed by atoms with van der Waals surface area (Å²) in [7, 11) is 0. The van der Waals surface area contributed by atoms with Crippen LogP contribution in [-0.4, -0.2) is 4.98 Å². The van der Waals surface area contributed by atoms with Gasteiger partial charge in [-0.1, -0.05) is 13.8 Å². The van der Waals surface area contributed by atoms with Crippen LogP contribution >= 0.6 is 0 Å². The molecule has 1 rings (SSSR count). The maximum absolute atomic E-state index is 5.87.